The fourth-order valence-corrected chi connectivity index (χ4v) is 2.41. The molecule has 1 aliphatic carbocycles. The van der Waals surface area contributed by atoms with Gasteiger partial charge in [-0.1, -0.05) is 18.2 Å². The Balaban J connectivity index is 2.04. The van der Waals surface area contributed by atoms with Crippen LogP contribution in [0.5, 0.6) is 0 Å². The molecule has 1 aliphatic rings. The number of hydrogen-bond acceptors (Lipinski definition) is 1. The van der Waals surface area contributed by atoms with E-state index in [0.29, 0.717) is 0 Å². The first-order chi connectivity index (χ1) is 8.46. The maximum Gasteiger partial charge on any atom is 0.401 e. The van der Waals surface area contributed by atoms with Crippen LogP contribution < -0.4 is 5.32 Å². The van der Waals surface area contributed by atoms with Crippen LogP contribution >= 0.6 is 0 Å². The van der Waals surface area contributed by atoms with Crippen LogP contribution in [0.1, 0.15) is 42.5 Å². The lowest BCUT2D eigenvalue weighted by molar-refractivity contribution is -0.126. The van der Waals surface area contributed by atoms with E-state index in [-0.39, 0.29) is 6.04 Å². The molecule has 4 heteroatoms. The highest BCUT2D eigenvalue weighted by atomic mass is 19.4. The summed E-state index contributed by atoms with van der Waals surface area (Å²) in [5, 5.41) is 2.52. The van der Waals surface area contributed by atoms with E-state index in [1.807, 2.05) is 6.07 Å². The zero-order valence-corrected chi connectivity index (χ0v) is 10.5. The minimum absolute atomic E-state index is 0.265. The van der Waals surface area contributed by atoms with E-state index in [1.165, 1.54) is 24.0 Å². The average molecular weight is 257 g/mol. The van der Waals surface area contributed by atoms with E-state index in [2.05, 4.69) is 17.4 Å². The Morgan fingerprint density at radius 2 is 1.83 bits per heavy atom. The third kappa shape index (κ3) is 3.48. The van der Waals surface area contributed by atoms with Crippen molar-refractivity contribution in [2.75, 3.05) is 6.54 Å². The van der Waals surface area contributed by atoms with Crippen molar-refractivity contribution in [3.63, 3.8) is 0 Å². The molecule has 0 bridgehead atoms. The van der Waals surface area contributed by atoms with Crippen molar-refractivity contribution in [2.24, 2.45) is 0 Å². The molecular formula is C14H18F3N. The van der Waals surface area contributed by atoms with Gasteiger partial charge < -0.3 is 5.32 Å². The lowest BCUT2D eigenvalue weighted by Crippen LogP contribution is -2.30. The second kappa shape index (κ2) is 5.31. The molecule has 1 atom stereocenters. The number of hydrogen-bond donors (Lipinski definition) is 1. The van der Waals surface area contributed by atoms with Crippen molar-refractivity contribution >= 4 is 0 Å². The van der Waals surface area contributed by atoms with Gasteiger partial charge in [-0.05, 0) is 49.3 Å². The second-order valence-electron chi connectivity index (χ2n) is 4.95. The maximum absolute atomic E-state index is 12.1. The molecule has 18 heavy (non-hydrogen) atoms. The Morgan fingerprint density at radius 1 is 1.17 bits per heavy atom. The van der Waals surface area contributed by atoms with Gasteiger partial charge >= 0.3 is 6.18 Å². The number of fused-ring (bicyclic) bond motifs is 1. The maximum atomic E-state index is 12.1. The number of halogens is 3. The molecule has 100 valence electrons. The molecule has 1 N–H and O–H groups in total. The van der Waals surface area contributed by atoms with Gasteiger partial charge in [0.25, 0.3) is 0 Å². The van der Waals surface area contributed by atoms with Gasteiger partial charge in [-0.2, -0.15) is 13.2 Å². The van der Waals surface area contributed by atoms with E-state index in [0.717, 1.165) is 18.4 Å². The Bertz CT molecular complexity index is 412. The van der Waals surface area contributed by atoms with Crippen LogP contribution in [0, 0.1) is 0 Å². The molecule has 1 aromatic rings. The summed E-state index contributed by atoms with van der Waals surface area (Å²) in [5.74, 6) is 0. The van der Waals surface area contributed by atoms with Crippen LogP contribution in [0.3, 0.4) is 0 Å². The highest BCUT2D eigenvalue weighted by molar-refractivity contribution is 5.35. The first-order valence-corrected chi connectivity index (χ1v) is 6.37. The molecule has 0 aromatic heterocycles. The van der Waals surface area contributed by atoms with Crippen LogP contribution in [0.25, 0.3) is 0 Å². The van der Waals surface area contributed by atoms with Crippen molar-refractivity contribution in [3.05, 3.63) is 34.9 Å². The number of nitrogens with one attached hydrogen (secondary N) is 1. The second-order valence-corrected chi connectivity index (χ2v) is 4.95. The summed E-state index contributed by atoms with van der Waals surface area (Å²) in [6, 6.07) is 5.80. The van der Waals surface area contributed by atoms with Gasteiger partial charge in [0.2, 0.25) is 0 Å². The Hall–Kier alpha value is -1.03. The lowest BCUT2D eigenvalue weighted by Gasteiger charge is -2.20. The van der Waals surface area contributed by atoms with Crippen molar-refractivity contribution in [3.8, 4) is 0 Å². The Kier molecular flexibility index (Phi) is 3.95. The van der Waals surface area contributed by atoms with Crippen LogP contribution in [-0.2, 0) is 12.8 Å². The largest absolute Gasteiger partial charge is 0.401 e. The summed E-state index contributed by atoms with van der Waals surface area (Å²) >= 11 is 0. The predicted molar refractivity (Wildman–Crippen MR) is 65.6 cm³/mol. The first kappa shape index (κ1) is 13.4. The monoisotopic (exact) mass is 257 g/mol. The van der Waals surface area contributed by atoms with Crippen molar-refractivity contribution < 1.29 is 13.2 Å². The summed E-state index contributed by atoms with van der Waals surface area (Å²) in [7, 11) is 0. The molecule has 1 unspecified atom stereocenters. The van der Waals surface area contributed by atoms with Crippen LogP contribution in [0.2, 0.25) is 0 Å². The third-order valence-corrected chi connectivity index (χ3v) is 3.48. The van der Waals surface area contributed by atoms with Crippen LogP contribution in [-0.4, -0.2) is 12.7 Å². The smallest absolute Gasteiger partial charge is 0.302 e. The first-order valence-electron chi connectivity index (χ1n) is 6.37. The molecule has 1 nitrogen and oxygen atoms in total. The third-order valence-electron chi connectivity index (χ3n) is 3.48. The molecule has 0 spiro atoms. The molecule has 2 rings (SSSR count). The Morgan fingerprint density at radius 3 is 2.50 bits per heavy atom. The molecule has 0 amide bonds. The SMILES string of the molecule is CC(NCC(F)(F)F)c1ccc2c(c1)CCCC2. The zero-order valence-electron chi connectivity index (χ0n) is 10.5. The van der Waals surface area contributed by atoms with Gasteiger partial charge in [-0.3, -0.25) is 0 Å². The van der Waals surface area contributed by atoms with Crippen LogP contribution in [0.4, 0.5) is 13.2 Å². The Labute approximate surface area is 105 Å². The minimum Gasteiger partial charge on any atom is -0.302 e. The molecular weight excluding hydrogens is 239 g/mol. The molecule has 0 fully saturated rings. The number of alkyl halides is 3. The van der Waals surface area contributed by atoms with Gasteiger partial charge in [-0.15, -0.1) is 0 Å². The topological polar surface area (TPSA) is 12.0 Å². The fourth-order valence-electron chi connectivity index (χ4n) is 2.41. The molecule has 0 aliphatic heterocycles. The normalized spacial score (nSPS) is 17.3. The molecule has 0 saturated heterocycles. The van der Waals surface area contributed by atoms with Crippen LogP contribution in [0.15, 0.2) is 18.2 Å². The van der Waals surface area contributed by atoms with E-state index >= 15 is 0 Å². The summed E-state index contributed by atoms with van der Waals surface area (Å²) in [5.41, 5.74) is 3.60. The van der Waals surface area contributed by atoms with E-state index < -0.39 is 12.7 Å². The molecule has 0 heterocycles. The summed E-state index contributed by atoms with van der Waals surface area (Å²) in [6.07, 6.45) is 0.395. The number of aryl methyl sites for hydroxylation is 2. The highest BCUT2D eigenvalue weighted by Gasteiger charge is 2.27. The number of benzene rings is 1. The van der Waals surface area contributed by atoms with Crippen molar-refractivity contribution in [2.45, 2.75) is 44.8 Å². The highest BCUT2D eigenvalue weighted by Crippen LogP contribution is 2.25. The lowest BCUT2D eigenvalue weighted by atomic mass is 9.89. The van der Waals surface area contributed by atoms with Gasteiger partial charge in [0.05, 0.1) is 6.54 Å². The van der Waals surface area contributed by atoms with E-state index in [9.17, 15) is 13.2 Å². The zero-order chi connectivity index (χ0) is 13.2. The average Bonchev–Trinajstić information content (AvgIpc) is 2.34. The molecule has 1 aromatic carbocycles. The van der Waals surface area contributed by atoms with Gasteiger partial charge in [0.15, 0.2) is 0 Å². The van der Waals surface area contributed by atoms with Crippen molar-refractivity contribution in [1.82, 2.24) is 5.32 Å². The van der Waals surface area contributed by atoms with E-state index in [1.54, 1.807) is 6.92 Å². The number of rotatable bonds is 3. The fraction of sp³-hybridized carbons (Fsp3) is 0.571. The van der Waals surface area contributed by atoms with E-state index in [4.69, 9.17) is 0 Å². The van der Waals surface area contributed by atoms with Gasteiger partial charge in [0.1, 0.15) is 0 Å². The quantitative estimate of drug-likeness (QED) is 0.869. The summed E-state index contributed by atoms with van der Waals surface area (Å²) in [4.78, 5) is 0. The standard InChI is InChI=1S/C14H18F3N/c1-10(18-9-14(15,16)17)12-7-6-11-4-2-3-5-13(11)8-12/h6-8,10,18H,2-5,9H2,1H3. The minimum atomic E-state index is -4.15. The molecule has 0 radical (unpaired) electrons. The van der Waals surface area contributed by atoms with Gasteiger partial charge in [-0.25, -0.2) is 0 Å². The summed E-state index contributed by atoms with van der Waals surface area (Å²) < 4.78 is 36.4. The molecule has 0 saturated carbocycles. The van der Waals surface area contributed by atoms with Gasteiger partial charge in [0, 0.05) is 6.04 Å². The van der Waals surface area contributed by atoms with Crippen molar-refractivity contribution in [1.29, 1.82) is 0 Å². The predicted octanol–water partition coefficient (Wildman–Crippen LogP) is 3.78. The summed E-state index contributed by atoms with van der Waals surface area (Å²) in [6.45, 7) is 0.835.